The second-order valence-corrected chi connectivity index (χ2v) is 9.24. The van der Waals surface area contributed by atoms with Crippen LogP contribution in [0.25, 0.3) is 0 Å². The molecule has 9 heteroatoms. The molecule has 1 atom stereocenters. The van der Waals surface area contributed by atoms with E-state index in [0.29, 0.717) is 41.0 Å². The number of amides is 1. The number of aryl methyl sites for hydroxylation is 1. The number of fused-ring (bicyclic) bond motifs is 1. The molecule has 0 saturated heterocycles. The maximum atomic E-state index is 12.6. The Morgan fingerprint density at radius 3 is 2.55 bits per heavy atom. The van der Waals surface area contributed by atoms with Crippen molar-refractivity contribution in [3.8, 4) is 11.5 Å². The van der Waals surface area contributed by atoms with Crippen LogP contribution in [0.15, 0.2) is 36.4 Å². The number of hydrogen-bond acceptors (Lipinski definition) is 5. The molecule has 2 aromatic rings. The molecule has 0 unspecified atom stereocenters. The highest BCUT2D eigenvalue weighted by molar-refractivity contribution is 7.92. The van der Waals surface area contributed by atoms with Crippen molar-refractivity contribution in [3.05, 3.63) is 52.5 Å². The second-order valence-electron chi connectivity index (χ2n) is 6.89. The summed E-state index contributed by atoms with van der Waals surface area (Å²) in [5, 5.41) is 3.23. The van der Waals surface area contributed by atoms with Crippen molar-refractivity contribution in [2.45, 2.75) is 19.9 Å². The Bertz CT molecular complexity index is 1030. The first-order valence-electron chi connectivity index (χ1n) is 9.08. The van der Waals surface area contributed by atoms with E-state index in [-0.39, 0.29) is 12.6 Å². The molecule has 29 heavy (non-hydrogen) atoms. The fourth-order valence-corrected chi connectivity index (χ4v) is 4.13. The molecule has 1 aliphatic heterocycles. The molecule has 0 aliphatic carbocycles. The third-order valence-electron chi connectivity index (χ3n) is 4.57. The first-order chi connectivity index (χ1) is 13.6. The summed E-state index contributed by atoms with van der Waals surface area (Å²) < 4.78 is 36.8. The van der Waals surface area contributed by atoms with Gasteiger partial charge in [0.1, 0.15) is 19.8 Å². The molecule has 0 spiro atoms. The minimum atomic E-state index is -3.69. The molecule has 1 N–H and O–H groups in total. The molecule has 3 rings (SSSR count). The summed E-state index contributed by atoms with van der Waals surface area (Å²) in [5.41, 5.74) is 1.90. The summed E-state index contributed by atoms with van der Waals surface area (Å²) in [6.07, 6.45) is 1.06. The van der Waals surface area contributed by atoms with Crippen molar-refractivity contribution in [1.82, 2.24) is 5.32 Å². The molecule has 0 aromatic heterocycles. The van der Waals surface area contributed by atoms with Crippen LogP contribution in [-0.4, -0.2) is 40.3 Å². The SMILES string of the molecule is Cc1ccc(Cl)cc1N(CC(=O)N[C@H](C)c1ccc2c(c1)OCCO2)S(C)(=O)=O. The number of benzene rings is 2. The number of anilines is 1. The molecular weight excluding hydrogens is 416 g/mol. The monoisotopic (exact) mass is 438 g/mol. The lowest BCUT2D eigenvalue weighted by Gasteiger charge is -2.25. The summed E-state index contributed by atoms with van der Waals surface area (Å²) >= 11 is 6.03. The molecule has 1 heterocycles. The quantitative estimate of drug-likeness (QED) is 0.749. The zero-order valence-electron chi connectivity index (χ0n) is 16.4. The van der Waals surface area contributed by atoms with E-state index in [0.717, 1.165) is 16.1 Å². The highest BCUT2D eigenvalue weighted by Gasteiger charge is 2.24. The lowest BCUT2D eigenvalue weighted by molar-refractivity contribution is -0.120. The van der Waals surface area contributed by atoms with Gasteiger partial charge in [0.25, 0.3) is 0 Å². The Labute approximate surface area is 175 Å². The van der Waals surface area contributed by atoms with E-state index >= 15 is 0 Å². The van der Waals surface area contributed by atoms with Crippen molar-refractivity contribution in [3.63, 3.8) is 0 Å². The van der Waals surface area contributed by atoms with E-state index in [1.54, 1.807) is 25.1 Å². The van der Waals surface area contributed by atoms with Crippen molar-refractivity contribution in [2.75, 3.05) is 30.3 Å². The van der Waals surface area contributed by atoms with Gasteiger partial charge in [-0.1, -0.05) is 23.7 Å². The van der Waals surface area contributed by atoms with Gasteiger partial charge in [-0.05, 0) is 49.2 Å². The van der Waals surface area contributed by atoms with Gasteiger partial charge >= 0.3 is 0 Å². The van der Waals surface area contributed by atoms with Crippen LogP contribution in [0.2, 0.25) is 5.02 Å². The van der Waals surface area contributed by atoms with E-state index < -0.39 is 15.9 Å². The average molecular weight is 439 g/mol. The molecule has 0 radical (unpaired) electrons. The Kier molecular flexibility index (Phi) is 6.24. The minimum absolute atomic E-state index is 0.347. The normalized spacial score (nSPS) is 14.2. The van der Waals surface area contributed by atoms with Gasteiger partial charge in [0.2, 0.25) is 15.9 Å². The van der Waals surface area contributed by atoms with Gasteiger partial charge in [0, 0.05) is 5.02 Å². The Morgan fingerprint density at radius 2 is 1.86 bits per heavy atom. The predicted molar refractivity (Wildman–Crippen MR) is 112 cm³/mol. The number of sulfonamides is 1. The molecule has 0 bridgehead atoms. The number of carbonyl (C=O) groups is 1. The van der Waals surface area contributed by atoms with Crippen molar-refractivity contribution < 1.29 is 22.7 Å². The Hall–Kier alpha value is -2.45. The van der Waals surface area contributed by atoms with Gasteiger partial charge in [0.05, 0.1) is 18.0 Å². The van der Waals surface area contributed by atoms with Gasteiger partial charge in [-0.25, -0.2) is 8.42 Å². The van der Waals surface area contributed by atoms with Crippen LogP contribution < -0.4 is 19.1 Å². The molecule has 0 saturated carbocycles. The summed E-state index contributed by atoms with van der Waals surface area (Å²) in [7, 11) is -3.69. The zero-order chi connectivity index (χ0) is 21.2. The molecular formula is C20H23ClN2O5S. The summed E-state index contributed by atoms with van der Waals surface area (Å²) in [6, 6.07) is 10.0. The van der Waals surface area contributed by atoms with E-state index in [9.17, 15) is 13.2 Å². The fraction of sp³-hybridized carbons (Fsp3) is 0.350. The van der Waals surface area contributed by atoms with Gasteiger partial charge in [0.15, 0.2) is 11.5 Å². The first kappa shape index (κ1) is 21.3. The maximum Gasteiger partial charge on any atom is 0.241 e. The summed E-state index contributed by atoms with van der Waals surface area (Å²) in [6.45, 7) is 4.20. The third-order valence-corrected chi connectivity index (χ3v) is 5.93. The van der Waals surface area contributed by atoms with Crippen LogP contribution in [0.4, 0.5) is 5.69 Å². The third kappa shape index (κ3) is 5.13. The van der Waals surface area contributed by atoms with E-state index in [2.05, 4.69) is 5.32 Å². The van der Waals surface area contributed by atoms with Crippen LogP contribution in [0.5, 0.6) is 11.5 Å². The molecule has 1 aliphatic rings. The highest BCUT2D eigenvalue weighted by Crippen LogP contribution is 2.32. The van der Waals surface area contributed by atoms with E-state index in [1.165, 1.54) is 6.07 Å². The van der Waals surface area contributed by atoms with Crippen LogP contribution in [0.3, 0.4) is 0 Å². The minimum Gasteiger partial charge on any atom is -0.486 e. The number of rotatable bonds is 6. The molecule has 156 valence electrons. The Balaban J connectivity index is 1.76. The fourth-order valence-electron chi connectivity index (χ4n) is 3.06. The lowest BCUT2D eigenvalue weighted by Crippen LogP contribution is -2.41. The largest absolute Gasteiger partial charge is 0.486 e. The molecule has 2 aromatic carbocycles. The predicted octanol–water partition coefficient (Wildman–Crippen LogP) is 3.06. The summed E-state index contributed by atoms with van der Waals surface area (Å²) in [5.74, 6) is 0.859. The van der Waals surface area contributed by atoms with E-state index in [1.807, 2.05) is 19.1 Å². The number of ether oxygens (including phenoxy) is 2. The van der Waals surface area contributed by atoms with Crippen LogP contribution in [0, 0.1) is 6.92 Å². The van der Waals surface area contributed by atoms with Gasteiger partial charge in [-0.15, -0.1) is 0 Å². The zero-order valence-corrected chi connectivity index (χ0v) is 18.0. The van der Waals surface area contributed by atoms with Gasteiger partial charge < -0.3 is 14.8 Å². The first-order valence-corrected chi connectivity index (χ1v) is 11.3. The van der Waals surface area contributed by atoms with Crippen LogP contribution in [0.1, 0.15) is 24.1 Å². The van der Waals surface area contributed by atoms with Crippen LogP contribution in [-0.2, 0) is 14.8 Å². The molecule has 0 fully saturated rings. The number of nitrogens with one attached hydrogen (secondary N) is 1. The van der Waals surface area contributed by atoms with Crippen molar-refractivity contribution >= 4 is 33.2 Å². The molecule has 1 amide bonds. The van der Waals surface area contributed by atoms with Crippen molar-refractivity contribution in [1.29, 1.82) is 0 Å². The maximum absolute atomic E-state index is 12.6. The smallest absolute Gasteiger partial charge is 0.241 e. The van der Waals surface area contributed by atoms with Gasteiger partial charge in [-0.2, -0.15) is 0 Å². The topological polar surface area (TPSA) is 84.9 Å². The van der Waals surface area contributed by atoms with E-state index in [4.69, 9.17) is 21.1 Å². The number of carbonyl (C=O) groups excluding carboxylic acids is 1. The lowest BCUT2D eigenvalue weighted by atomic mass is 10.1. The van der Waals surface area contributed by atoms with Gasteiger partial charge in [-0.3, -0.25) is 9.10 Å². The average Bonchev–Trinajstić information content (AvgIpc) is 2.67. The standard InChI is InChI=1S/C20H23ClN2O5S/c1-13-4-6-16(21)11-17(13)23(29(3,25)26)12-20(24)22-14(2)15-5-7-18-19(10-15)28-9-8-27-18/h4-7,10-11,14H,8-9,12H2,1-3H3,(H,22,24)/t14-/m1/s1. The molecule has 7 nitrogen and oxygen atoms in total. The van der Waals surface area contributed by atoms with Crippen molar-refractivity contribution in [2.24, 2.45) is 0 Å². The Morgan fingerprint density at radius 1 is 1.17 bits per heavy atom. The number of halogens is 1. The number of hydrogen-bond donors (Lipinski definition) is 1. The highest BCUT2D eigenvalue weighted by atomic mass is 35.5. The second kappa shape index (κ2) is 8.51. The number of nitrogens with zero attached hydrogens (tertiary/aromatic N) is 1. The summed E-state index contributed by atoms with van der Waals surface area (Å²) in [4.78, 5) is 12.6. The van der Waals surface area contributed by atoms with Crippen LogP contribution >= 0.6 is 11.6 Å².